The van der Waals surface area contributed by atoms with Crippen LogP contribution in [-0.4, -0.2) is 10.8 Å². The second kappa shape index (κ2) is 6.22. The number of carbonyl (C=O) groups excluding carboxylic acids is 1. The molecule has 0 aliphatic rings. The predicted molar refractivity (Wildman–Crippen MR) is 85.4 cm³/mol. The molecule has 0 spiro atoms. The number of carbonyl (C=O) groups is 1. The van der Waals surface area contributed by atoms with E-state index in [1.54, 1.807) is 24.4 Å². The lowest BCUT2D eigenvalue weighted by atomic mass is 10.0. The van der Waals surface area contributed by atoms with E-state index in [9.17, 15) is 4.79 Å². The Morgan fingerprint density at radius 3 is 2.36 bits per heavy atom. The van der Waals surface area contributed by atoms with Gasteiger partial charge in [0.2, 0.25) is 0 Å². The number of aromatic nitrogens is 1. The number of pyridine rings is 1. The maximum atomic E-state index is 12.5. The first kappa shape index (κ1) is 14.0. The van der Waals surface area contributed by atoms with Crippen LogP contribution in [0.1, 0.15) is 21.6 Å². The van der Waals surface area contributed by atoms with Crippen molar-refractivity contribution in [1.82, 2.24) is 4.98 Å². The summed E-state index contributed by atoms with van der Waals surface area (Å²) in [6.45, 7) is 1.89. The first-order valence-corrected chi connectivity index (χ1v) is 7.03. The molecular formula is C19H15NO2. The minimum Gasteiger partial charge on any atom is -0.457 e. The molecule has 3 aromatic rings. The van der Waals surface area contributed by atoms with E-state index in [1.165, 1.54) is 0 Å². The van der Waals surface area contributed by atoms with Crippen LogP contribution in [0.5, 0.6) is 11.5 Å². The lowest BCUT2D eigenvalue weighted by molar-refractivity contribution is 0.103. The van der Waals surface area contributed by atoms with Crippen LogP contribution in [-0.2, 0) is 0 Å². The average Bonchev–Trinajstić information content (AvgIpc) is 2.56. The number of ether oxygens (including phenoxy) is 1. The Hall–Kier alpha value is -2.94. The first-order valence-electron chi connectivity index (χ1n) is 7.03. The van der Waals surface area contributed by atoms with Crippen molar-refractivity contribution in [3.05, 3.63) is 89.7 Å². The second-order valence-electron chi connectivity index (χ2n) is 4.96. The fourth-order valence-corrected chi connectivity index (χ4v) is 2.09. The van der Waals surface area contributed by atoms with Crippen molar-refractivity contribution in [2.45, 2.75) is 6.92 Å². The van der Waals surface area contributed by atoms with Crippen molar-refractivity contribution in [3.63, 3.8) is 0 Å². The molecule has 0 saturated heterocycles. The third kappa shape index (κ3) is 3.20. The second-order valence-corrected chi connectivity index (χ2v) is 4.96. The van der Waals surface area contributed by atoms with E-state index in [4.69, 9.17) is 4.74 Å². The standard InChI is InChI=1S/C19H15NO2/c1-14-10-11-16(13-20-14)19(21)15-6-5-9-18(12-15)22-17-7-3-2-4-8-17/h2-13H,1H3. The minimum absolute atomic E-state index is 0.0639. The van der Waals surface area contributed by atoms with Crippen LogP contribution < -0.4 is 4.74 Å². The molecule has 0 aliphatic heterocycles. The number of rotatable bonds is 4. The predicted octanol–water partition coefficient (Wildman–Crippen LogP) is 4.41. The average molecular weight is 289 g/mol. The summed E-state index contributed by atoms with van der Waals surface area (Å²) in [7, 11) is 0. The smallest absolute Gasteiger partial charge is 0.194 e. The fourth-order valence-electron chi connectivity index (χ4n) is 2.09. The molecule has 3 rings (SSSR count). The molecule has 0 amide bonds. The van der Waals surface area contributed by atoms with Crippen LogP contribution in [0.15, 0.2) is 72.9 Å². The highest BCUT2D eigenvalue weighted by atomic mass is 16.5. The number of hydrogen-bond donors (Lipinski definition) is 0. The molecule has 108 valence electrons. The third-order valence-electron chi connectivity index (χ3n) is 3.25. The van der Waals surface area contributed by atoms with Gasteiger partial charge in [-0.1, -0.05) is 30.3 Å². The van der Waals surface area contributed by atoms with E-state index in [0.29, 0.717) is 16.9 Å². The van der Waals surface area contributed by atoms with Crippen molar-refractivity contribution in [1.29, 1.82) is 0 Å². The van der Waals surface area contributed by atoms with Gasteiger partial charge in [0.15, 0.2) is 5.78 Å². The van der Waals surface area contributed by atoms with Crippen LogP contribution in [0.3, 0.4) is 0 Å². The molecule has 0 unspecified atom stereocenters. The molecule has 1 aromatic heterocycles. The SMILES string of the molecule is Cc1ccc(C(=O)c2cccc(Oc3ccccc3)c2)cn1. The Labute approximate surface area is 129 Å². The number of aryl methyl sites for hydroxylation is 1. The quantitative estimate of drug-likeness (QED) is 0.668. The molecular weight excluding hydrogens is 274 g/mol. The number of para-hydroxylation sites is 1. The summed E-state index contributed by atoms with van der Waals surface area (Å²) >= 11 is 0. The van der Waals surface area contributed by atoms with Crippen molar-refractivity contribution in [3.8, 4) is 11.5 Å². The highest BCUT2D eigenvalue weighted by Gasteiger charge is 2.10. The van der Waals surface area contributed by atoms with Crippen LogP contribution in [0, 0.1) is 6.92 Å². The molecule has 2 aromatic carbocycles. The molecule has 0 radical (unpaired) electrons. The minimum atomic E-state index is -0.0639. The van der Waals surface area contributed by atoms with Gasteiger partial charge in [0.1, 0.15) is 11.5 Å². The van der Waals surface area contributed by atoms with E-state index in [2.05, 4.69) is 4.98 Å². The van der Waals surface area contributed by atoms with Crippen LogP contribution in [0.2, 0.25) is 0 Å². The summed E-state index contributed by atoms with van der Waals surface area (Å²) in [5.41, 5.74) is 2.04. The van der Waals surface area contributed by atoms with Crippen molar-refractivity contribution >= 4 is 5.78 Å². The first-order chi connectivity index (χ1) is 10.7. The molecule has 22 heavy (non-hydrogen) atoms. The molecule has 0 aliphatic carbocycles. The zero-order chi connectivity index (χ0) is 15.4. The Bertz CT molecular complexity index is 780. The third-order valence-corrected chi connectivity index (χ3v) is 3.25. The van der Waals surface area contributed by atoms with Gasteiger partial charge in [-0.25, -0.2) is 0 Å². The Morgan fingerprint density at radius 1 is 0.864 bits per heavy atom. The van der Waals surface area contributed by atoms with Gasteiger partial charge in [-0.15, -0.1) is 0 Å². The van der Waals surface area contributed by atoms with Gasteiger partial charge in [-0.2, -0.15) is 0 Å². The Morgan fingerprint density at radius 2 is 1.64 bits per heavy atom. The van der Waals surface area contributed by atoms with Crippen molar-refractivity contribution in [2.24, 2.45) is 0 Å². The summed E-state index contributed by atoms with van der Waals surface area (Å²) in [5.74, 6) is 1.31. The number of hydrogen-bond acceptors (Lipinski definition) is 3. The van der Waals surface area contributed by atoms with E-state index in [0.717, 1.165) is 11.4 Å². The molecule has 0 saturated carbocycles. The summed E-state index contributed by atoms with van der Waals surface area (Å²) < 4.78 is 5.76. The Balaban J connectivity index is 1.84. The van der Waals surface area contributed by atoms with E-state index in [-0.39, 0.29) is 5.78 Å². The summed E-state index contributed by atoms with van der Waals surface area (Å²) in [6.07, 6.45) is 1.60. The normalized spacial score (nSPS) is 10.2. The van der Waals surface area contributed by atoms with Gasteiger partial charge in [0, 0.05) is 23.0 Å². The van der Waals surface area contributed by atoms with E-state index < -0.39 is 0 Å². The summed E-state index contributed by atoms with van der Waals surface area (Å²) in [4.78, 5) is 16.6. The maximum Gasteiger partial charge on any atom is 0.194 e. The van der Waals surface area contributed by atoms with Crippen LogP contribution in [0.25, 0.3) is 0 Å². The fraction of sp³-hybridized carbons (Fsp3) is 0.0526. The number of nitrogens with zero attached hydrogens (tertiary/aromatic N) is 1. The maximum absolute atomic E-state index is 12.5. The molecule has 3 heteroatoms. The summed E-state index contributed by atoms with van der Waals surface area (Å²) in [5, 5.41) is 0. The van der Waals surface area contributed by atoms with Gasteiger partial charge < -0.3 is 4.74 Å². The Kier molecular flexibility index (Phi) is 3.97. The molecule has 0 atom stereocenters. The molecule has 0 bridgehead atoms. The van der Waals surface area contributed by atoms with Gasteiger partial charge in [0.05, 0.1) is 0 Å². The largest absolute Gasteiger partial charge is 0.457 e. The number of benzene rings is 2. The zero-order valence-corrected chi connectivity index (χ0v) is 12.2. The zero-order valence-electron chi connectivity index (χ0n) is 12.2. The highest BCUT2D eigenvalue weighted by molar-refractivity contribution is 6.09. The lowest BCUT2D eigenvalue weighted by Gasteiger charge is -2.07. The van der Waals surface area contributed by atoms with Crippen molar-refractivity contribution < 1.29 is 9.53 Å². The van der Waals surface area contributed by atoms with Crippen LogP contribution in [0.4, 0.5) is 0 Å². The summed E-state index contributed by atoms with van der Waals surface area (Å²) in [6, 6.07) is 20.3. The molecule has 0 fully saturated rings. The highest BCUT2D eigenvalue weighted by Crippen LogP contribution is 2.22. The van der Waals surface area contributed by atoms with E-state index >= 15 is 0 Å². The van der Waals surface area contributed by atoms with Crippen molar-refractivity contribution in [2.75, 3.05) is 0 Å². The monoisotopic (exact) mass is 289 g/mol. The van der Waals surface area contributed by atoms with Gasteiger partial charge >= 0.3 is 0 Å². The van der Waals surface area contributed by atoms with Gasteiger partial charge in [-0.05, 0) is 43.3 Å². The van der Waals surface area contributed by atoms with Gasteiger partial charge in [-0.3, -0.25) is 9.78 Å². The molecule has 3 nitrogen and oxygen atoms in total. The number of ketones is 1. The van der Waals surface area contributed by atoms with E-state index in [1.807, 2.05) is 55.5 Å². The van der Waals surface area contributed by atoms with Gasteiger partial charge in [0.25, 0.3) is 0 Å². The lowest BCUT2D eigenvalue weighted by Crippen LogP contribution is -2.02. The topological polar surface area (TPSA) is 39.2 Å². The molecule has 0 N–H and O–H groups in total. The molecule has 1 heterocycles. The van der Waals surface area contributed by atoms with Crippen LogP contribution >= 0.6 is 0 Å².